The molecule has 0 aliphatic rings. The van der Waals surface area contributed by atoms with Crippen molar-refractivity contribution in [2.75, 3.05) is 7.11 Å². The first kappa shape index (κ1) is 14.8. The third-order valence-corrected chi connectivity index (χ3v) is 2.85. The number of hydrogen-bond donors (Lipinski definition) is 2. The molecule has 4 nitrogen and oxygen atoms in total. The predicted molar refractivity (Wildman–Crippen MR) is 60.3 cm³/mol. The lowest BCUT2D eigenvalue weighted by Gasteiger charge is -2.17. The van der Waals surface area contributed by atoms with E-state index in [0.29, 0.717) is 6.07 Å². The lowest BCUT2D eigenvalue weighted by Crippen LogP contribution is -2.24. The Kier molecular flexibility index (Phi) is 4.23. The SMILES string of the molecule is COc1cc(C(F)(F)F)c(C(N)C(=O)O)cc1Br. The molecule has 0 aliphatic heterocycles. The van der Waals surface area contributed by atoms with Gasteiger partial charge in [0.15, 0.2) is 0 Å². The van der Waals surface area contributed by atoms with E-state index in [9.17, 15) is 18.0 Å². The molecule has 0 heterocycles. The third-order valence-electron chi connectivity index (χ3n) is 2.23. The lowest BCUT2D eigenvalue weighted by atomic mass is 10.00. The van der Waals surface area contributed by atoms with Gasteiger partial charge in [0.1, 0.15) is 11.8 Å². The second-order valence-electron chi connectivity index (χ2n) is 3.39. The average molecular weight is 328 g/mol. The number of methoxy groups -OCH3 is 1. The van der Waals surface area contributed by atoms with Crippen molar-refractivity contribution in [3.05, 3.63) is 27.7 Å². The van der Waals surface area contributed by atoms with E-state index in [1.165, 1.54) is 7.11 Å². The summed E-state index contributed by atoms with van der Waals surface area (Å²) in [5.41, 5.74) is 3.58. The van der Waals surface area contributed by atoms with Gasteiger partial charge in [-0.15, -0.1) is 0 Å². The predicted octanol–water partition coefficient (Wildman–Crippen LogP) is 2.56. The Morgan fingerprint density at radius 3 is 2.44 bits per heavy atom. The van der Waals surface area contributed by atoms with E-state index < -0.39 is 29.3 Å². The Bertz CT molecular complexity index is 476. The van der Waals surface area contributed by atoms with E-state index in [-0.39, 0.29) is 10.2 Å². The molecule has 0 bridgehead atoms. The molecular formula is C10H9BrF3NO3. The molecule has 1 rings (SSSR count). The molecule has 3 N–H and O–H groups in total. The minimum absolute atomic E-state index is 0.0522. The van der Waals surface area contributed by atoms with Crippen molar-refractivity contribution in [1.82, 2.24) is 0 Å². The van der Waals surface area contributed by atoms with E-state index in [1.807, 2.05) is 0 Å². The van der Waals surface area contributed by atoms with Gasteiger partial charge in [-0.2, -0.15) is 13.2 Å². The number of rotatable bonds is 3. The number of hydrogen-bond acceptors (Lipinski definition) is 3. The molecule has 1 aromatic carbocycles. The van der Waals surface area contributed by atoms with Crippen molar-refractivity contribution < 1.29 is 27.8 Å². The van der Waals surface area contributed by atoms with E-state index in [1.54, 1.807) is 0 Å². The summed E-state index contributed by atoms with van der Waals surface area (Å²) in [5.74, 6) is -1.60. The molecular weight excluding hydrogens is 319 g/mol. The van der Waals surface area contributed by atoms with Crippen LogP contribution < -0.4 is 10.5 Å². The largest absolute Gasteiger partial charge is 0.496 e. The number of benzene rings is 1. The Hall–Kier alpha value is -1.28. The first-order chi connectivity index (χ1) is 8.18. The molecule has 0 amide bonds. The maximum Gasteiger partial charge on any atom is 0.416 e. The van der Waals surface area contributed by atoms with Gasteiger partial charge in [0.25, 0.3) is 0 Å². The molecule has 0 aliphatic carbocycles. The topological polar surface area (TPSA) is 72.5 Å². The number of ether oxygens (including phenoxy) is 1. The van der Waals surface area contributed by atoms with Crippen LogP contribution in [0.5, 0.6) is 5.75 Å². The van der Waals surface area contributed by atoms with Crippen LogP contribution in [0, 0.1) is 0 Å². The van der Waals surface area contributed by atoms with Gasteiger partial charge in [-0.25, -0.2) is 0 Å². The van der Waals surface area contributed by atoms with Crippen molar-refractivity contribution in [1.29, 1.82) is 0 Å². The van der Waals surface area contributed by atoms with Gasteiger partial charge in [0, 0.05) is 0 Å². The number of alkyl halides is 3. The Labute approximate surface area is 109 Å². The molecule has 0 aromatic heterocycles. The Morgan fingerprint density at radius 2 is 2.06 bits per heavy atom. The molecule has 0 radical (unpaired) electrons. The van der Waals surface area contributed by atoms with Crippen LogP contribution in [-0.4, -0.2) is 18.2 Å². The first-order valence-electron chi connectivity index (χ1n) is 4.61. The Morgan fingerprint density at radius 1 is 1.50 bits per heavy atom. The number of carboxylic acids is 1. The fourth-order valence-electron chi connectivity index (χ4n) is 1.36. The van der Waals surface area contributed by atoms with Crippen LogP contribution in [0.15, 0.2) is 16.6 Å². The fourth-order valence-corrected chi connectivity index (χ4v) is 1.88. The van der Waals surface area contributed by atoms with Crippen LogP contribution in [0.4, 0.5) is 13.2 Å². The monoisotopic (exact) mass is 327 g/mol. The number of halogens is 4. The summed E-state index contributed by atoms with van der Waals surface area (Å²) in [7, 11) is 1.21. The highest BCUT2D eigenvalue weighted by Gasteiger charge is 2.37. The second-order valence-corrected chi connectivity index (χ2v) is 4.24. The summed E-state index contributed by atoms with van der Waals surface area (Å²) >= 11 is 2.98. The standard InChI is InChI=1S/C10H9BrF3NO3/c1-18-7-3-5(10(12,13)14)4(2-6(7)11)8(15)9(16)17/h2-3,8H,15H2,1H3,(H,16,17). The molecule has 0 fully saturated rings. The van der Waals surface area contributed by atoms with Crippen LogP contribution in [0.25, 0.3) is 0 Å². The van der Waals surface area contributed by atoms with Gasteiger partial charge < -0.3 is 15.6 Å². The summed E-state index contributed by atoms with van der Waals surface area (Å²) in [6.07, 6.45) is -4.71. The molecule has 1 aromatic rings. The zero-order valence-electron chi connectivity index (χ0n) is 9.08. The highest BCUT2D eigenvalue weighted by Crippen LogP contribution is 2.39. The number of nitrogens with two attached hydrogens (primary N) is 1. The zero-order chi connectivity index (χ0) is 14.1. The summed E-state index contributed by atoms with van der Waals surface area (Å²) in [5, 5.41) is 8.70. The van der Waals surface area contributed by atoms with E-state index in [2.05, 4.69) is 15.9 Å². The van der Waals surface area contributed by atoms with Gasteiger partial charge in [0.05, 0.1) is 17.1 Å². The van der Waals surface area contributed by atoms with Gasteiger partial charge in [0.2, 0.25) is 0 Å². The van der Waals surface area contributed by atoms with Crippen molar-refractivity contribution in [2.24, 2.45) is 5.73 Å². The maximum atomic E-state index is 12.8. The van der Waals surface area contributed by atoms with Crippen molar-refractivity contribution >= 4 is 21.9 Å². The molecule has 0 saturated heterocycles. The summed E-state index contributed by atoms with van der Waals surface area (Å²) in [6.45, 7) is 0. The summed E-state index contributed by atoms with van der Waals surface area (Å²) in [6, 6.07) is -0.0494. The second kappa shape index (κ2) is 5.15. The first-order valence-corrected chi connectivity index (χ1v) is 5.40. The quantitative estimate of drug-likeness (QED) is 0.894. The van der Waals surface area contributed by atoms with Crippen LogP contribution in [0.3, 0.4) is 0 Å². The fraction of sp³-hybridized carbons (Fsp3) is 0.300. The number of aliphatic carboxylic acids is 1. The number of carbonyl (C=O) groups is 1. The van der Waals surface area contributed by atoms with Crippen LogP contribution in [-0.2, 0) is 11.0 Å². The van der Waals surface area contributed by atoms with Crippen LogP contribution in [0.1, 0.15) is 17.2 Å². The van der Waals surface area contributed by atoms with Crippen molar-refractivity contribution in [2.45, 2.75) is 12.2 Å². The third kappa shape index (κ3) is 2.94. The lowest BCUT2D eigenvalue weighted by molar-refractivity contribution is -0.141. The van der Waals surface area contributed by atoms with Crippen LogP contribution >= 0.6 is 15.9 Å². The van der Waals surface area contributed by atoms with Gasteiger partial charge in [-0.3, -0.25) is 4.79 Å². The molecule has 100 valence electrons. The van der Waals surface area contributed by atoms with E-state index in [0.717, 1.165) is 6.07 Å². The van der Waals surface area contributed by atoms with Crippen molar-refractivity contribution in [3.63, 3.8) is 0 Å². The van der Waals surface area contributed by atoms with E-state index >= 15 is 0 Å². The summed E-state index contributed by atoms with van der Waals surface area (Å²) < 4.78 is 43.3. The summed E-state index contributed by atoms with van der Waals surface area (Å²) in [4.78, 5) is 10.7. The van der Waals surface area contributed by atoms with Gasteiger partial charge in [-0.1, -0.05) is 0 Å². The molecule has 8 heteroatoms. The van der Waals surface area contributed by atoms with Gasteiger partial charge in [-0.05, 0) is 33.6 Å². The average Bonchev–Trinajstić information content (AvgIpc) is 2.25. The molecule has 0 saturated carbocycles. The minimum Gasteiger partial charge on any atom is -0.496 e. The highest BCUT2D eigenvalue weighted by atomic mass is 79.9. The number of carboxylic acid groups (broad SMARTS) is 1. The minimum atomic E-state index is -4.71. The molecule has 1 unspecified atom stereocenters. The smallest absolute Gasteiger partial charge is 0.416 e. The van der Waals surface area contributed by atoms with Crippen LogP contribution in [0.2, 0.25) is 0 Å². The molecule has 0 spiro atoms. The van der Waals surface area contributed by atoms with E-state index in [4.69, 9.17) is 15.6 Å². The van der Waals surface area contributed by atoms with Crippen molar-refractivity contribution in [3.8, 4) is 5.75 Å². The maximum absolute atomic E-state index is 12.8. The normalized spacial score (nSPS) is 13.2. The molecule has 1 atom stereocenters. The highest BCUT2D eigenvalue weighted by molar-refractivity contribution is 9.10. The Balaban J connectivity index is 3.49. The molecule has 18 heavy (non-hydrogen) atoms. The van der Waals surface area contributed by atoms with Gasteiger partial charge >= 0.3 is 12.1 Å². The zero-order valence-corrected chi connectivity index (χ0v) is 10.7.